The Morgan fingerprint density at radius 2 is 2.19 bits per heavy atom. The second-order valence-electron chi connectivity index (χ2n) is 5.02. The first-order valence-electron chi connectivity index (χ1n) is 6.12. The molecule has 0 radical (unpaired) electrons. The van der Waals surface area contributed by atoms with E-state index < -0.39 is 0 Å². The third-order valence-corrected chi connectivity index (χ3v) is 3.52. The predicted octanol–water partition coefficient (Wildman–Crippen LogP) is 3.27. The molecule has 16 heavy (non-hydrogen) atoms. The summed E-state index contributed by atoms with van der Waals surface area (Å²) in [6.45, 7) is 6.14. The smallest absolute Gasteiger partial charge is 0.123 e. The van der Waals surface area contributed by atoms with Crippen LogP contribution in [0.2, 0.25) is 0 Å². The lowest BCUT2D eigenvalue weighted by atomic mass is 10.1. The van der Waals surface area contributed by atoms with Gasteiger partial charge in [-0.15, -0.1) is 0 Å². The summed E-state index contributed by atoms with van der Waals surface area (Å²) in [5.74, 6) is 1.55. The van der Waals surface area contributed by atoms with Gasteiger partial charge in [-0.25, -0.2) is 4.39 Å². The molecular formula is C14H20FN. The van der Waals surface area contributed by atoms with E-state index in [2.05, 4.69) is 12.2 Å². The number of nitrogens with one attached hydrogen (secondary N) is 1. The van der Waals surface area contributed by atoms with Gasteiger partial charge in [-0.2, -0.15) is 0 Å². The van der Waals surface area contributed by atoms with Gasteiger partial charge >= 0.3 is 0 Å². The summed E-state index contributed by atoms with van der Waals surface area (Å²) in [4.78, 5) is 0. The molecule has 0 bridgehead atoms. The van der Waals surface area contributed by atoms with Gasteiger partial charge in [0.05, 0.1) is 0 Å². The molecule has 0 aliphatic heterocycles. The van der Waals surface area contributed by atoms with Crippen LogP contribution >= 0.6 is 0 Å². The minimum absolute atomic E-state index is 0.141. The predicted molar refractivity (Wildman–Crippen MR) is 64.7 cm³/mol. The zero-order chi connectivity index (χ0) is 11.5. The van der Waals surface area contributed by atoms with Crippen molar-refractivity contribution < 1.29 is 4.39 Å². The number of aryl methyl sites for hydroxylation is 1. The molecule has 1 unspecified atom stereocenters. The normalized spacial score (nSPS) is 17.4. The van der Waals surface area contributed by atoms with E-state index in [0.29, 0.717) is 0 Å². The quantitative estimate of drug-likeness (QED) is 0.804. The Morgan fingerprint density at radius 3 is 2.88 bits per heavy atom. The maximum absolute atomic E-state index is 13.0. The molecule has 1 saturated carbocycles. The van der Waals surface area contributed by atoms with Crippen LogP contribution in [0.4, 0.5) is 4.39 Å². The second kappa shape index (κ2) is 4.96. The first-order chi connectivity index (χ1) is 7.66. The Balaban J connectivity index is 1.81. The molecule has 0 amide bonds. The van der Waals surface area contributed by atoms with Crippen molar-refractivity contribution in [2.24, 2.45) is 11.8 Å². The van der Waals surface area contributed by atoms with Gasteiger partial charge in [-0.3, -0.25) is 0 Å². The summed E-state index contributed by atoms with van der Waals surface area (Å²) >= 11 is 0. The van der Waals surface area contributed by atoms with Crippen molar-refractivity contribution in [3.05, 3.63) is 35.1 Å². The van der Waals surface area contributed by atoms with Crippen LogP contribution in [0.3, 0.4) is 0 Å². The summed E-state index contributed by atoms with van der Waals surface area (Å²) in [5, 5.41) is 3.42. The molecule has 2 heteroatoms. The second-order valence-corrected chi connectivity index (χ2v) is 5.02. The molecule has 0 aromatic heterocycles. The number of hydrogen-bond donors (Lipinski definition) is 1. The zero-order valence-electron chi connectivity index (χ0n) is 10.1. The highest BCUT2D eigenvalue weighted by Crippen LogP contribution is 2.36. The standard InChI is InChI=1S/C14H20FN/c1-10-3-6-14(15)7-13(10)9-16-8-11(2)12-4-5-12/h3,6-7,11-12,16H,4-5,8-9H2,1-2H3. The fourth-order valence-corrected chi connectivity index (χ4v) is 2.10. The molecule has 1 atom stereocenters. The van der Waals surface area contributed by atoms with Crippen LogP contribution in [-0.4, -0.2) is 6.54 Å². The van der Waals surface area contributed by atoms with Crippen LogP contribution in [-0.2, 0) is 6.54 Å². The Hall–Kier alpha value is -0.890. The molecule has 1 aromatic carbocycles. The molecule has 1 N–H and O–H groups in total. The fourth-order valence-electron chi connectivity index (χ4n) is 2.10. The number of halogens is 1. The van der Waals surface area contributed by atoms with E-state index >= 15 is 0 Å². The minimum atomic E-state index is -0.141. The Labute approximate surface area is 97.1 Å². The van der Waals surface area contributed by atoms with E-state index in [0.717, 1.165) is 36.1 Å². The van der Waals surface area contributed by atoms with Gasteiger partial charge in [-0.1, -0.05) is 13.0 Å². The van der Waals surface area contributed by atoms with Crippen molar-refractivity contribution in [3.8, 4) is 0 Å². The monoisotopic (exact) mass is 221 g/mol. The van der Waals surface area contributed by atoms with Gasteiger partial charge in [0.1, 0.15) is 5.82 Å². The maximum Gasteiger partial charge on any atom is 0.123 e. The van der Waals surface area contributed by atoms with E-state index in [4.69, 9.17) is 0 Å². The fraction of sp³-hybridized carbons (Fsp3) is 0.571. The average Bonchev–Trinajstić information content (AvgIpc) is 3.06. The molecule has 1 nitrogen and oxygen atoms in total. The SMILES string of the molecule is Cc1ccc(F)cc1CNCC(C)C1CC1. The molecule has 88 valence electrons. The van der Waals surface area contributed by atoms with Gasteiger partial charge < -0.3 is 5.32 Å². The van der Waals surface area contributed by atoms with Crippen LogP contribution in [0.5, 0.6) is 0 Å². The molecule has 0 spiro atoms. The Morgan fingerprint density at radius 1 is 1.44 bits per heavy atom. The van der Waals surface area contributed by atoms with Crippen molar-refractivity contribution in [2.45, 2.75) is 33.2 Å². The molecule has 2 rings (SSSR count). The van der Waals surface area contributed by atoms with Crippen molar-refractivity contribution in [3.63, 3.8) is 0 Å². The summed E-state index contributed by atoms with van der Waals surface area (Å²) < 4.78 is 13.0. The van der Waals surface area contributed by atoms with Gasteiger partial charge in [0, 0.05) is 6.54 Å². The molecule has 1 fully saturated rings. The van der Waals surface area contributed by atoms with E-state index in [-0.39, 0.29) is 5.82 Å². The highest BCUT2D eigenvalue weighted by Gasteiger charge is 2.27. The average molecular weight is 221 g/mol. The highest BCUT2D eigenvalue weighted by molar-refractivity contribution is 5.26. The summed E-state index contributed by atoms with van der Waals surface area (Å²) in [6.07, 6.45) is 2.78. The van der Waals surface area contributed by atoms with Crippen LogP contribution in [0.25, 0.3) is 0 Å². The lowest BCUT2D eigenvalue weighted by molar-refractivity contribution is 0.461. The number of benzene rings is 1. The topological polar surface area (TPSA) is 12.0 Å². The third kappa shape index (κ3) is 3.05. The summed E-state index contributed by atoms with van der Waals surface area (Å²) in [5.41, 5.74) is 2.23. The molecule has 0 saturated heterocycles. The van der Waals surface area contributed by atoms with E-state index in [1.54, 1.807) is 6.07 Å². The van der Waals surface area contributed by atoms with Crippen molar-refractivity contribution in [2.75, 3.05) is 6.54 Å². The van der Waals surface area contributed by atoms with Gasteiger partial charge in [0.25, 0.3) is 0 Å². The summed E-state index contributed by atoms with van der Waals surface area (Å²) in [6, 6.07) is 4.99. The highest BCUT2D eigenvalue weighted by atomic mass is 19.1. The number of hydrogen-bond acceptors (Lipinski definition) is 1. The van der Waals surface area contributed by atoms with Gasteiger partial charge in [0.15, 0.2) is 0 Å². The maximum atomic E-state index is 13.0. The lowest BCUT2D eigenvalue weighted by Gasteiger charge is -2.12. The van der Waals surface area contributed by atoms with E-state index in [9.17, 15) is 4.39 Å². The van der Waals surface area contributed by atoms with Crippen LogP contribution in [0.1, 0.15) is 30.9 Å². The Bertz CT molecular complexity index is 358. The van der Waals surface area contributed by atoms with E-state index in [1.165, 1.54) is 18.9 Å². The molecule has 0 heterocycles. The first-order valence-corrected chi connectivity index (χ1v) is 6.12. The third-order valence-electron chi connectivity index (χ3n) is 3.52. The molecule has 1 aliphatic carbocycles. The Kier molecular flexibility index (Phi) is 3.59. The van der Waals surface area contributed by atoms with Gasteiger partial charge in [0.2, 0.25) is 0 Å². The molecular weight excluding hydrogens is 201 g/mol. The van der Waals surface area contributed by atoms with Crippen LogP contribution in [0.15, 0.2) is 18.2 Å². The van der Waals surface area contributed by atoms with Crippen molar-refractivity contribution >= 4 is 0 Å². The van der Waals surface area contributed by atoms with Crippen molar-refractivity contribution in [1.82, 2.24) is 5.32 Å². The van der Waals surface area contributed by atoms with Gasteiger partial charge in [-0.05, 0) is 61.4 Å². The van der Waals surface area contributed by atoms with Crippen LogP contribution < -0.4 is 5.32 Å². The van der Waals surface area contributed by atoms with Crippen LogP contribution in [0, 0.1) is 24.6 Å². The zero-order valence-corrected chi connectivity index (χ0v) is 10.1. The largest absolute Gasteiger partial charge is 0.312 e. The number of rotatable bonds is 5. The lowest BCUT2D eigenvalue weighted by Crippen LogP contribution is -2.22. The molecule has 1 aromatic rings. The van der Waals surface area contributed by atoms with Crippen molar-refractivity contribution in [1.29, 1.82) is 0 Å². The minimum Gasteiger partial charge on any atom is -0.312 e. The summed E-state index contributed by atoms with van der Waals surface area (Å²) in [7, 11) is 0. The molecule has 1 aliphatic rings. The van der Waals surface area contributed by atoms with E-state index in [1.807, 2.05) is 13.0 Å². The first kappa shape index (κ1) is 11.6.